The third-order valence-electron chi connectivity index (χ3n) is 2.82. The zero-order valence-electron chi connectivity index (χ0n) is 11.2. The van der Waals surface area contributed by atoms with E-state index in [1.165, 1.54) is 10.9 Å². The van der Waals surface area contributed by atoms with E-state index in [1.54, 1.807) is 26.4 Å². The maximum Gasteiger partial charge on any atom is 0.287 e. The van der Waals surface area contributed by atoms with Gasteiger partial charge in [-0.25, -0.2) is 4.68 Å². The largest absolute Gasteiger partial charge is 0.493 e. The van der Waals surface area contributed by atoms with Crippen LogP contribution in [0.1, 0.15) is 5.56 Å². The number of nitrogens with zero attached hydrogens (tertiary/aromatic N) is 2. The molecule has 2 rings (SSSR count). The lowest BCUT2D eigenvalue weighted by atomic mass is 10.2. The van der Waals surface area contributed by atoms with Gasteiger partial charge in [-0.15, -0.1) is 0 Å². The first-order valence-corrected chi connectivity index (χ1v) is 7.34. The number of hydrogen-bond acceptors (Lipinski definition) is 4. The van der Waals surface area contributed by atoms with Crippen LogP contribution in [-0.2, 0) is 6.54 Å². The maximum atomic E-state index is 12.0. The topological polar surface area (TPSA) is 53.4 Å². The van der Waals surface area contributed by atoms with Gasteiger partial charge >= 0.3 is 0 Å². The molecule has 0 fully saturated rings. The summed E-state index contributed by atoms with van der Waals surface area (Å²) in [5.41, 5.74) is 0.339. The summed E-state index contributed by atoms with van der Waals surface area (Å²) >= 11 is 15.0. The van der Waals surface area contributed by atoms with Gasteiger partial charge in [0, 0.05) is 4.47 Å². The zero-order chi connectivity index (χ0) is 15.6. The number of halogens is 3. The van der Waals surface area contributed by atoms with Crippen LogP contribution in [0.25, 0.3) is 0 Å². The highest BCUT2D eigenvalue weighted by Gasteiger charge is 2.13. The Morgan fingerprint density at radius 3 is 2.48 bits per heavy atom. The van der Waals surface area contributed by atoms with Crippen LogP contribution >= 0.6 is 39.1 Å². The summed E-state index contributed by atoms with van der Waals surface area (Å²) in [4.78, 5) is 12.0. The Morgan fingerprint density at radius 1 is 1.24 bits per heavy atom. The molecule has 2 aromatic rings. The molecular weight excluding hydrogens is 383 g/mol. The third-order valence-corrected chi connectivity index (χ3v) is 4.30. The van der Waals surface area contributed by atoms with Gasteiger partial charge in [-0.1, -0.05) is 39.1 Å². The summed E-state index contributed by atoms with van der Waals surface area (Å²) in [5, 5.41) is 4.04. The van der Waals surface area contributed by atoms with Crippen molar-refractivity contribution in [1.29, 1.82) is 0 Å². The summed E-state index contributed by atoms with van der Waals surface area (Å²) in [6, 6.07) is 3.52. The van der Waals surface area contributed by atoms with Crippen molar-refractivity contribution >= 4 is 39.1 Å². The zero-order valence-corrected chi connectivity index (χ0v) is 14.3. The maximum absolute atomic E-state index is 12.0. The lowest BCUT2D eigenvalue weighted by molar-refractivity contribution is 0.354. The molecule has 0 saturated carbocycles. The first kappa shape index (κ1) is 16.1. The molecule has 112 valence electrons. The molecule has 1 heterocycles. The van der Waals surface area contributed by atoms with Crippen molar-refractivity contribution in [2.45, 2.75) is 6.54 Å². The third kappa shape index (κ3) is 3.33. The quantitative estimate of drug-likeness (QED) is 0.798. The van der Waals surface area contributed by atoms with Gasteiger partial charge in [0.05, 0.1) is 32.0 Å². The molecule has 0 atom stereocenters. The predicted octanol–water partition coefficient (Wildman–Crippen LogP) is 3.38. The number of methoxy groups -OCH3 is 2. The van der Waals surface area contributed by atoms with Crippen molar-refractivity contribution in [3.8, 4) is 11.5 Å². The number of ether oxygens (including phenoxy) is 2. The monoisotopic (exact) mass is 392 g/mol. The highest BCUT2D eigenvalue weighted by Crippen LogP contribution is 2.33. The van der Waals surface area contributed by atoms with Gasteiger partial charge in [0.1, 0.15) is 5.02 Å². The minimum absolute atomic E-state index is 0.0525. The Kier molecular flexibility index (Phi) is 5.13. The van der Waals surface area contributed by atoms with Crippen molar-refractivity contribution in [2.24, 2.45) is 0 Å². The smallest absolute Gasteiger partial charge is 0.287 e. The first-order valence-electron chi connectivity index (χ1n) is 5.79. The van der Waals surface area contributed by atoms with Crippen molar-refractivity contribution in [3.05, 3.63) is 48.8 Å². The van der Waals surface area contributed by atoms with Gasteiger partial charge < -0.3 is 9.47 Å². The Bertz CT molecular complexity index is 734. The van der Waals surface area contributed by atoms with Crippen molar-refractivity contribution < 1.29 is 9.47 Å². The van der Waals surface area contributed by atoms with Crippen LogP contribution in [0.3, 0.4) is 0 Å². The molecule has 0 unspecified atom stereocenters. The number of rotatable bonds is 4. The average molecular weight is 394 g/mol. The van der Waals surface area contributed by atoms with Gasteiger partial charge in [-0.05, 0) is 17.7 Å². The summed E-state index contributed by atoms with van der Waals surface area (Å²) in [6.45, 7) is 0.219. The Hall–Kier alpha value is -1.24. The molecule has 0 aliphatic carbocycles. The van der Waals surface area contributed by atoms with Crippen LogP contribution in [0.2, 0.25) is 10.0 Å². The molecule has 0 amide bonds. The Labute approximate surface area is 139 Å². The average Bonchev–Trinajstić information content (AvgIpc) is 2.49. The molecule has 0 spiro atoms. The summed E-state index contributed by atoms with van der Waals surface area (Å²) in [7, 11) is 3.09. The molecule has 0 bridgehead atoms. The Balaban J connectivity index is 2.45. The van der Waals surface area contributed by atoms with E-state index < -0.39 is 5.56 Å². The highest BCUT2D eigenvalue weighted by atomic mass is 79.9. The van der Waals surface area contributed by atoms with Crippen LogP contribution in [0.5, 0.6) is 11.5 Å². The van der Waals surface area contributed by atoms with Gasteiger partial charge in [0.2, 0.25) is 0 Å². The van der Waals surface area contributed by atoms with E-state index in [2.05, 4.69) is 21.0 Å². The fourth-order valence-electron chi connectivity index (χ4n) is 1.74. The predicted molar refractivity (Wildman–Crippen MR) is 84.9 cm³/mol. The van der Waals surface area contributed by atoms with Crippen LogP contribution in [0.4, 0.5) is 0 Å². The second kappa shape index (κ2) is 6.68. The van der Waals surface area contributed by atoms with Crippen LogP contribution in [0.15, 0.2) is 27.6 Å². The molecular formula is C13H11BrCl2N2O3. The summed E-state index contributed by atoms with van der Waals surface area (Å²) in [5.74, 6) is 1.14. The second-order valence-electron chi connectivity index (χ2n) is 4.07. The van der Waals surface area contributed by atoms with E-state index >= 15 is 0 Å². The molecule has 0 aliphatic rings. The minimum Gasteiger partial charge on any atom is -0.493 e. The minimum atomic E-state index is -0.453. The van der Waals surface area contributed by atoms with Gasteiger partial charge in [0.25, 0.3) is 5.56 Å². The lowest BCUT2D eigenvalue weighted by Crippen LogP contribution is -2.24. The SMILES string of the molecule is COc1cc(Br)c(Cn2ncc(Cl)c(Cl)c2=O)cc1OC. The first-order chi connectivity index (χ1) is 9.97. The number of benzene rings is 1. The van der Waals surface area contributed by atoms with Crippen LogP contribution in [-0.4, -0.2) is 24.0 Å². The van der Waals surface area contributed by atoms with E-state index in [0.717, 1.165) is 10.0 Å². The van der Waals surface area contributed by atoms with Crippen LogP contribution in [0, 0.1) is 0 Å². The van der Waals surface area contributed by atoms with E-state index in [4.69, 9.17) is 32.7 Å². The van der Waals surface area contributed by atoms with E-state index in [-0.39, 0.29) is 16.6 Å². The lowest BCUT2D eigenvalue weighted by Gasteiger charge is -2.12. The van der Waals surface area contributed by atoms with E-state index in [1.807, 2.05) is 0 Å². The summed E-state index contributed by atoms with van der Waals surface area (Å²) < 4.78 is 12.4. The van der Waals surface area contributed by atoms with Crippen LogP contribution < -0.4 is 15.0 Å². The van der Waals surface area contributed by atoms with E-state index in [9.17, 15) is 4.79 Å². The van der Waals surface area contributed by atoms with Gasteiger partial charge in [-0.3, -0.25) is 4.79 Å². The fourth-order valence-corrected chi connectivity index (χ4v) is 2.45. The number of hydrogen-bond donors (Lipinski definition) is 0. The van der Waals surface area contributed by atoms with Gasteiger partial charge in [0.15, 0.2) is 11.5 Å². The molecule has 0 N–H and O–H groups in total. The summed E-state index contributed by atoms with van der Waals surface area (Å²) in [6.07, 6.45) is 1.33. The molecule has 5 nitrogen and oxygen atoms in total. The fraction of sp³-hybridized carbons (Fsp3) is 0.231. The molecule has 0 saturated heterocycles. The molecule has 0 radical (unpaired) electrons. The highest BCUT2D eigenvalue weighted by molar-refractivity contribution is 9.10. The van der Waals surface area contributed by atoms with Crippen molar-refractivity contribution in [3.63, 3.8) is 0 Å². The molecule has 8 heteroatoms. The van der Waals surface area contributed by atoms with E-state index in [0.29, 0.717) is 11.5 Å². The molecule has 1 aromatic carbocycles. The second-order valence-corrected chi connectivity index (χ2v) is 5.71. The molecule has 0 aliphatic heterocycles. The van der Waals surface area contributed by atoms with Gasteiger partial charge in [-0.2, -0.15) is 5.10 Å². The van der Waals surface area contributed by atoms with Crippen molar-refractivity contribution in [1.82, 2.24) is 9.78 Å². The molecule has 21 heavy (non-hydrogen) atoms. The Morgan fingerprint density at radius 2 is 1.86 bits per heavy atom. The van der Waals surface area contributed by atoms with Crippen molar-refractivity contribution in [2.75, 3.05) is 14.2 Å². The number of aromatic nitrogens is 2. The normalized spacial score (nSPS) is 10.5. The standard InChI is InChI=1S/C13H11BrCl2N2O3/c1-20-10-3-7(8(14)4-11(10)21-2)6-18-13(19)12(16)9(15)5-17-18/h3-5H,6H2,1-2H3. The molecule has 1 aromatic heterocycles.